The van der Waals surface area contributed by atoms with Gasteiger partial charge in [0.25, 0.3) is 0 Å². The van der Waals surface area contributed by atoms with E-state index >= 15 is 0 Å². The number of H-pyrrole nitrogens is 1. The van der Waals surface area contributed by atoms with Crippen LogP contribution in [0.4, 0.5) is 5.95 Å². The number of rotatable bonds is 4. The van der Waals surface area contributed by atoms with Crippen molar-refractivity contribution in [2.45, 2.75) is 45.1 Å². The van der Waals surface area contributed by atoms with Crippen LogP contribution in [0, 0.1) is 11.8 Å². The molecule has 2 aliphatic heterocycles. The lowest BCUT2D eigenvalue weighted by Crippen LogP contribution is -2.32. The molecule has 0 bridgehead atoms. The van der Waals surface area contributed by atoms with E-state index in [0.717, 1.165) is 61.8 Å². The SMILES string of the molecule is C[C@@H]1C[C@H]1C(=O)N1CCC[C@@H]1c1[nH]ncc1-c1ccnc(N2CCCC2)n1. The summed E-state index contributed by atoms with van der Waals surface area (Å²) in [5, 5.41) is 7.48. The Balaban J connectivity index is 1.44. The highest BCUT2D eigenvalue weighted by Crippen LogP contribution is 2.44. The minimum Gasteiger partial charge on any atom is -0.341 e. The molecule has 0 radical (unpaired) electrons. The third kappa shape index (κ3) is 2.99. The van der Waals surface area contributed by atoms with Crippen molar-refractivity contribution in [2.75, 3.05) is 24.5 Å². The smallest absolute Gasteiger partial charge is 0.226 e. The summed E-state index contributed by atoms with van der Waals surface area (Å²) < 4.78 is 0. The Hall–Kier alpha value is -2.44. The van der Waals surface area contributed by atoms with Crippen LogP contribution in [0.5, 0.6) is 0 Å². The molecule has 1 amide bonds. The summed E-state index contributed by atoms with van der Waals surface area (Å²) in [5.41, 5.74) is 2.89. The number of carbonyl (C=O) groups excluding carboxylic acids is 1. The fourth-order valence-electron chi connectivity index (χ4n) is 4.53. The predicted molar refractivity (Wildman–Crippen MR) is 102 cm³/mol. The van der Waals surface area contributed by atoms with Crippen molar-refractivity contribution in [3.05, 3.63) is 24.2 Å². The molecule has 3 fully saturated rings. The van der Waals surface area contributed by atoms with Crippen molar-refractivity contribution < 1.29 is 4.79 Å². The van der Waals surface area contributed by atoms with Gasteiger partial charge in [-0.05, 0) is 44.1 Å². The van der Waals surface area contributed by atoms with E-state index in [-0.39, 0.29) is 12.0 Å². The molecular formula is C20H26N6O. The first-order valence-electron chi connectivity index (χ1n) is 10.1. The first kappa shape index (κ1) is 16.7. The number of nitrogens with one attached hydrogen (secondary N) is 1. The van der Waals surface area contributed by atoms with E-state index in [1.54, 1.807) is 0 Å². The Morgan fingerprint density at radius 1 is 1.22 bits per heavy atom. The number of carbonyl (C=O) groups is 1. The van der Waals surface area contributed by atoms with E-state index in [9.17, 15) is 4.79 Å². The number of likely N-dealkylation sites (tertiary alicyclic amines) is 1. The average molecular weight is 366 g/mol. The molecular weight excluding hydrogens is 340 g/mol. The number of hydrogen-bond donors (Lipinski definition) is 1. The van der Waals surface area contributed by atoms with Crippen LogP contribution in [-0.2, 0) is 4.79 Å². The molecule has 2 saturated heterocycles. The molecule has 4 heterocycles. The Kier molecular flexibility index (Phi) is 4.10. The van der Waals surface area contributed by atoms with Gasteiger partial charge in [-0.3, -0.25) is 9.89 Å². The molecule has 7 nitrogen and oxygen atoms in total. The van der Waals surface area contributed by atoms with Crippen LogP contribution < -0.4 is 4.90 Å². The van der Waals surface area contributed by atoms with Gasteiger partial charge in [-0.2, -0.15) is 5.10 Å². The Labute approximate surface area is 159 Å². The topological polar surface area (TPSA) is 78.0 Å². The van der Waals surface area contributed by atoms with Crippen LogP contribution in [0.2, 0.25) is 0 Å². The van der Waals surface area contributed by atoms with E-state index in [1.807, 2.05) is 18.5 Å². The predicted octanol–water partition coefficient (Wildman–Crippen LogP) is 2.79. The molecule has 2 aromatic heterocycles. The summed E-state index contributed by atoms with van der Waals surface area (Å²) >= 11 is 0. The molecule has 1 N–H and O–H groups in total. The molecule has 1 saturated carbocycles. The van der Waals surface area contributed by atoms with Gasteiger partial charge in [0.15, 0.2) is 0 Å². The molecule has 27 heavy (non-hydrogen) atoms. The maximum absolute atomic E-state index is 12.9. The summed E-state index contributed by atoms with van der Waals surface area (Å²) in [5.74, 6) is 1.86. The first-order valence-corrected chi connectivity index (χ1v) is 10.1. The monoisotopic (exact) mass is 366 g/mol. The molecule has 3 aliphatic rings. The molecule has 0 spiro atoms. The van der Waals surface area contributed by atoms with E-state index < -0.39 is 0 Å². The fourth-order valence-corrected chi connectivity index (χ4v) is 4.53. The van der Waals surface area contributed by atoms with Gasteiger partial charge in [-0.15, -0.1) is 0 Å². The number of nitrogens with zero attached hydrogens (tertiary/aromatic N) is 5. The highest BCUT2D eigenvalue weighted by atomic mass is 16.2. The lowest BCUT2D eigenvalue weighted by atomic mass is 10.0. The Bertz CT molecular complexity index is 843. The van der Waals surface area contributed by atoms with E-state index in [1.165, 1.54) is 12.8 Å². The quantitative estimate of drug-likeness (QED) is 0.900. The van der Waals surface area contributed by atoms with Crippen LogP contribution in [-0.4, -0.2) is 50.6 Å². The van der Waals surface area contributed by atoms with Gasteiger partial charge in [0, 0.05) is 37.3 Å². The lowest BCUT2D eigenvalue weighted by molar-refractivity contribution is -0.133. The van der Waals surface area contributed by atoms with Gasteiger partial charge >= 0.3 is 0 Å². The minimum absolute atomic E-state index is 0.0769. The second-order valence-corrected chi connectivity index (χ2v) is 8.14. The summed E-state index contributed by atoms with van der Waals surface area (Å²) in [7, 11) is 0. The van der Waals surface area contributed by atoms with Gasteiger partial charge in [0.2, 0.25) is 11.9 Å². The van der Waals surface area contributed by atoms with Gasteiger partial charge in [0.1, 0.15) is 0 Å². The molecule has 7 heteroatoms. The molecule has 0 aromatic carbocycles. The Morgan fingerprint density at radius 3 is 2.81 bits per heavy atom. The standard InChI is InChI=1S/C20H26N6O/c1-13-11-14(13)19(27)26-10-4-5-17(26)18-15(12-22-24-18)16-6-7-21-20(23-16)25-8-2-3-9-25/h6-7,12-14,17H,2-5,8-11H2,1H3,(H,22,24)/t13-,14-,17-/m1/s1. The van der Waals surface area contributed by atoms with Crippen LogP contribution in [0.3, 0.4) is 0 Å². The first-order chi connectivity index (χ1) is 13.2. The maximum atomic E-state index is 12.9. The second-order valence-electron chi connectivity index (χ2n) is 8.14. The number of hydrogen-bond acceptors (Lipinski definition) is 5. The average Bonchev–Trinajstić information content (AvgIpc) is 3.21. The van der Waals surface area contributed by atoms with Crippen molar-refractivity contribution in [1.29, 1.82) is 0 Å². The van der Waals surface area contributed by atoms with Crippen LogP contribution in [0.1, 0.15) is 50.8 Å². The van der Waals surface area contributed by atoms with Crippen LogP contribution in [0.25, 0.3) is 11.3 Å². The zero-order valence-electron chi connectivity index (χ0n) is 15.8. The summed E-state index contributed by atoms with van der Waals surface area (Å²) in [6, 6.07) is 2.02. The summed E-state index contributed by atoms with van der Waals surface area (Å²) in [6.45, 7) is 5.04. The van der Waals surface area contributed by atoms with Gasteiger partial charge in [-0.25, -0.2) is 9.97 Å². The number of anilines is 1. The third-order valence-corrected chi connectivity index (χ3v) is 6.27. The van der Waals surface area contributed by atoms with Gasteiger partial charge in [-0.1, -0.05) is 6.92 Å². The van der Waals surface area contributed by atoms with Crippen molar-refractivity contribution in [3.8, 4) is 11.3 Å². The van der Waals surface area contributed by atoms with Gasteiger partial charge in [0.05, 0.1) is 23.6 Å². The van der Waals surface area contributed by atoms with Crippen molar-refractivity contribution in [3.63, 3.8) is 0 Å². The number of aromatic amines is 1. The highest BCUT2D eigenvalue weighted by molar-refractivity contribution is 5.82. The molecule has 3 atom stereocenters. The van der Waals surface area contributed by atoms with Gasteiger partial charge < -0.3 is 9.80 Å². The van der Waals surface area contributed by atoms with E-state index in [4.69, 9.17) is 4.98 Å². The number of aromatic nitrogens is 4. The normalized spacial score (nSPS) is 27.4. The van der Waals surface area contributed by atoms with Crippen molar-refractivity contribution >= 4 is 11.9 Å². The second kappa shape index (κ2) is 6.62. The van der Waals surface area contributed by atoms with Crippen LogP contribution in [0.15, 0.2) is 18.5 Å². The van der Waals surface area contributed by atoms with E-state index in [0.29, 0.717) is 11.8 Å². The lowest BCUT2D eigenvalue weighted by Gasteiger charge is -2.25. The highest BCUT2D eigenvalue weighted by Gasteiger charge is 2.45. The maximum Gasteiger partial charge on any atom is 0.226 e. The minimum atomic E-state index is 0.0769. The molecule has 0 unspecified atom stereocenters. The molecule has 2 aromatic rings. The molecule has 1 aliphatic carbocycles. The summed E-state index contributed by atoms with van der Waals surface area (Å²) in [6.07, 6.45) is 9.11. The summed E-state index contributed by atoms with van der Waals surface area (Å²) in [4.78, 5) is 26.4. The third-order valence-electron chi connectivity index (χ3n) is 6.27. The largest absolute Gasteiger partial charge is 0.341 e. The molecule has 142 valence electrons. The van der Waals surface area contributed by atoms with Crippen molar-refractivity contribution in [2.24, 2.45) is 11.8 Å². The molecule has 5 rings (SSSR count). The fraction of sp³-hybridized carbons (Fsp3) is 0.600. The van der Waals surface area contributed by atoms with E-state index in [2.05, 4.69) is 31.9 Å². The number of amides is 1. The zero-order valence-corrected chi connectivity index (χ0v) is 15.8. The van der Waals surface area contributed by atoms with Crippen LogP contribution >= 0.6 is 0 Å². The van der Waals surface area contributed by atoms with Crippen molar-refractivity contribution in [1.82, 2.24) is 25.1 Å². The Morgan fingerprint density at radius 2 is 2.04 bits per heavy atom. The zero-order chi connectivity index (χ0) is 18.4.